The number of rotatable bonds is 2. The fourth-order valence-electron chi connectivity index (χ4n) is 0.129. The van der Waals surface area contributed by atoms with Crippen molar-refractivity contribution in [2.24, 2.45) is 5.84 Å². The van der Waals surface area contributed by atoms with Crippen LogP contribution in [0.4, 0.5) is 0 Å². The fraction of sp³-hybridized carbons (Fsp3) is 0.667. The van der Waals surface area contributed by atoms with Crippen LogP contribution in [0.15, 0.2) is 0 Å². The van der Waals surface area contributed by atoms with Gasteiger partial charge in [0.15, 0.2) is 0 Å². The number of Topliss-reactive ketones (excluding diaryl/α,β-unsaturated/α-hetero) is 1. The van der Waals surface area contributed by atoms with Gasteiger partial charge in [-0.2, -0.15) is 5.43 Å². The largest absolute Gasteiger partial charge is 0.298 e. The van der Waals surface area contributed by atoms with E-state index in [9.17, 15) is 4.79 Å². The van der Waals surface area contributed by atoms with E-state index in [0.717, 1.165) is 0 Å². The summed E-state index contributed by atoms with van der Waals surface area (Å²) in [5.41, 5.74) is 3.09. The van der Waals surface area contributed by atoms with Crippen molar-refractivity contribution in [1.29, 1.82) is 0 Å². The summed E-state index contributed by atoms with van der Waals surface area (Å²) in [6, 6.07) is 0. The van der Waals surface area contributed by atoms with Crippen molar-refractivity contribution in [3.8, 4) is 0 Å². The highest BCUT2D eigenvalue weighted by Crippen LogP contribution is 1.57. The van der Waals surface area contributed by atoms with Gasteiger partial charge in [0.25, 0.3) is 0 Å². The van der Waals surface area contributed by atoms with Crippen LogP contribution in [0.2, 0.25) is 0 Å². The van der Waals surface area contributed by atoms with Crippen molar-refractivity contribution in [1.82, 2.24) is 5.43 Å². The molecule has 0 fully saturated rings. The van der Waals surface area contributed by atoms with Crippen LogP contribution in [0, 0.1) is 0 Å². The molecule has 35 valence electrons. The summed E-state index contributed by atoms with van der Waals surface area (Å²) in [4.78, 5) is 9.87. The molecular formula is C3H7N2O. The minimum absolute atomic E-state index is 0.00231. The van der Waals surface area contributed by atoms with E-state index in [-0.39, 0.29) is 12.3 Å². The lowest BCUT2D eigenvalue weighted by Gasteiger charge is -1.82. The molecule has 0 atom stereocenters. The topological polar surface area (TPSA) is 57.2 Å². The van der Waals surface area contributed by atoms with Gasteiger partial charge in [0.1, 0.15) is 5.78 Å². The van der Waals surface area contributed by atoms with E-state index in [1.807, 2.05) is 0 Å². The SMILES string of the molecule is CC(=O)C[N]N. The first-order chi connectivity index (χ1) is 2.77. The maximum absolute atomic E-state index is 9.87. The van der Waals surface area contributed by atoms with Crippen LogP contribution in [0.25, 0.3) is 0 Å². The van der Waals surface area contributed by atoms with Crippen molar-refractivity contribution in [2.45, 2.75) is 6.92 Å². The van der Waals surface area contributed by atoms with Crippen molar-refractivity contribution in [3.63, 3.8) is 0 Å². The first kappa shape index (κ1) is 5.59. The number of nitrogens with zero attached hydrogens (tertiary/aromatic N) is 1. The molecule has 0 aliphatic rings. The predicted octanol–water partition coefficient (Wildman–Crippen LogP) is -0.947. The van der Waals surface area contributed by atoms with Gasteiger partial charge in [-0.15, -0.1) is 0 Å². The lowest BCUT2D eigenvalue weighted by molar-refractivity contribution is -0.116. The Balaban J connectivity index is 2.83. The zero-order chi connectivity index (χ0) is 4.99. The lowest BCUT2D eigenvalue weighted by Crippen LogP contribution is -2.19. The Kier molecular flexibility index (Phi) is 2.62. The standard InChI is InChI=1S/C3H7N2O/c1-3(6)2-5-4/h2,4H2,1H3. The molecule has 0 spiro atoms. The number of hydrogen-bond acceptors (Lipinski definition) is 2. The Morgan fingerprint density at radius 2 is 2.50 bits per heavy atom. The van der Waals surface area contributed by atoms with E-state index in [1.165, 1.54) is 6.92 Å². The second kappa shape index (κ2) is 2.81. The smallest absolute Gasteiger partial charge is 0.146 e. The van der Waals surface area contributed by atoms with E-state index in [2.05, 4.69) is 11.3 Å². The van der Waals surface area contributed by atoms with E-state index >= 15 is 0 Å². The molecule has 0 aromatic carbocycles. The summed E-state index contributed by atoms with van der Waals surface area (Å²) < 4.78 is 0. The van der Waals surface area contributed by atoms with Gasteiger partial charge in [-0.1, -0.05) is 0 Å². The highest BCUT2D eigenvalue weighted by atomic mass is 16.1. The second-order valence-electron chi connectivity index (χ2n) is 1.04. The van der Waals surface area contributed by atoms with Crippen molar-refractivity contribution < 1.29 is 4.79 Å². The fourth-order valence-corrected chi connectivity index (χ4v) is 0.129. The van der Waals surface area contributed by atoms with Gasteiger partial charge in [-0.05, 0) is 6.92 Å². The van der Waals surface area contributed by atoms with E-state index in [4.69, 9.17) is 0 Å². The third-order valence-corrected chi connectivity index (χ3v) is 0.314. The summed E-state index contributed by atoms with van der Waals surface area (Å²) in [5, 5.41) is 0. The van der Waals surface area contributed by atoms with E-state index in [0.29, 0.717) is 0 Å². The predicted molar refractivity (Wildman–Crippen MR) is 21.9 cm³/mol. The maximum atomic E-state index is 9.87. The molecule has 1 radical (unpaired) electrons. The molecule has 0 aliphatic heterocycles. The maximum Gasteiger partial charge on any atom is 0.146 e. The number of carbonyl (C=O) groups excluding carboxylic acids is 1. The van der Waals surface area contributed by atoms with Gasteiger partial charge >= 0.3 is 0 Å². The number of carbonyl (C=O) groups is 1. The molecule has 0 saturated carbocycles. The van der Waals surface area contributed by atoms with Gasteiger partial charge in [0.05, 0.1) is 6.54 Å². The third-order valence-electron chi connectivity index (χ3n) is 0.314. The first-order valence-corrected chi connectivity index (χ1v) is 1.63. The highest BCUT2D eigenvalue weighted by molar-refractivity contribution is 5.77. The minimum atomic E-state index is -0.00231. The van der Waals surface area contributed by atoms with Crippen LogP contribution in [0.1, 0.15) is 6.92 Å². The van der Waals surface area contributed by atoms with Crippen LogP contribution in [0.3, 0.4) is 0 Å². The summed E-state index contributed by atoms with van der Waals surface area (Å²) in [6.07, 6.45) is 0. The van der Waals surface area contributed by atoms with E-state index in [1.54, 1.807) is 0 Å². The molecule has 0 bridgehead atoms. The summed E-state index contributed by atoms with van der Waals surface area (Å²) >= 11 is 0. The van der Waals surface area contributed by atoms with Crippen molar-refractivity contribution in [2.75, 3.05) is 6.54 Å². The zero-order valence-electron chi connectivity index (χ0n) is 3.64. The van der Waals surface area contributed by atoms with Crippen LogP contribution in [-0.4, -0.2) is 12.3 Å². The molecule has 3 heteroatoms. The molecule has 3 nitrogen and oxygen atoms in total. The molecule has 0 aromatic heterocycles. The van der Waals surface area contributed by atoms with Gasteiger partial charge < -0.3 is 0 Å². The van der Waals surface area contributed by atoms with Gasteiger partial charge in [0.2, 0.25) is 0 Å². The van der Waals surface area contributed by atoms with E-state index < -0.39 is 0 Å². The lowest BCUT2D eigenvalue weighted by atomic mass is 10.5. The average Bonchev–Trinajstić information content (AvgIpc) is 1.35. The van der Waals surface area contributed by atoms with Crippen LogP contribution >= 0.6 is 0 Å². The Labute approximate surface area is 36.5 Å². The monoisotopic (exact) mass is 87.1 g/mol. The summed E-state index contributed by atoms with van der Waals surface area (Å²) in [7, 11) is 0. The van der Waals surface area contributed by atoms with Crippen LogP contribution in [0.5, 0.6) is 0 Å². The minimum Gasteiger partial charge on any atom is -0.298 e. The molecule has 0 rings (SSSR count). The second-order valence-corrected chi connectivity index (χ2v) is 1.04. The Morgan fingerprint density at radius 1 is 2.00 bits per heavy atom. The summed E-state index contributed by atoms with van der Waals surface area (Å²) in [6.45, 7) is 1.58. The van der Waals surface area contributed by atoms with Crippen LogP contribution in [-0.2, 0) is 4.79 Å². The molecule has 0 unspecified atom stereocenters. The highest BCUT2D eigenvalue weighted by Gasteiger charge is 1.84. The molecule has 0 aromatic rings. The molecule has 0 saturated heterocycles. The molecule has 0 aliphatic carbocycles. The Morgan fingerprint density at radius 3 is 2.50 bits per heavy atom. The average molecular weight is 87.1 g/mol. The quantitative estimate of drug-likeness (QED) is 0.349. The Bertz CT molecular complexity index is 52.8. The first-order valence-electron chi connectivity index (χ1n) is 1.63. The number of nitrogens with two attached hydrogens (primary N) is 1. The molecule has 2 N–H and O–H groups in total. The molecule has 0 heterocycles. The zero-order valence-corrected chi connectivity index (χ0v) is 3.64. The van der Waals surface area contributed by atoms with Crippen molar-refractivity contribution in [3.05, 3.63) is 0 Å². The van der Waals surface area contributed by atoms with Gasteiger partial charge in [-0.3, -0.25) is 10.6 Å². The number of ketones is 1. The van der Waals surface area contributed by atoms with Crippen molar-refractivity contribution >= 4 is 5.78 Å². The molecular weight excluding hydrogens is 80.0 g/mol. The van der Waals surface area contributed by atoms with Gasteiger partial charge in [-0.25, -0.2) is 0 Å². The van der Waals surface area contributed by atoms with Crippen LogP contribution < -0.4 is 11.3 Å². The third kappa shape index (κ3) is 3.59. The molecule has 6 heavy (non-hydrogen) atoms. The molecule has 0 amide bonds. The number of hydrogen-bond donors (Lipinski definition) is 1. The Hall–Kier alpha value is -0.410. The normalized spacial score (nSPS) is 8.33. The van der Waals surface area contributed by atoms with Gasteiger partial charge in [0, 0.05) is 0 Å². The summed E-state index contributed by atoms with van der Waals surface area (Å²) in [5.74, 6) is 4.63.